The lowest BCUT2D eigenvalue weighted by Gasteiger charge is -2.36. The SMILES string of the molecule is CCc1nn(CC(C)COC(=O)c2ccc(C(=O)N3CCN(C(C)=O)CC3)cc2)c2c1C(=O)NCC1(CCOCC1)C2. The number of aromatic nitrogens is 2. The molecule has 1 N–H and O–H groups in total. The Kier molecular flexibility index (Phi) is 8.96. The lowest BCUT2D eigenvalue weighted by atomic mass is 9.76. The van der Waals surface area contributed by atoms with Gasteiger partial charge in [0.2, 0.25) is 5.91 Å². The monoisotopic (exact) mass is 579 g/mol. The first-order valence-corrected chi connectivity index (χ1v) is 15.0. The van der Waals surface area contributed by atoms with Gasteiger partial charge in [-0.15, -0.1) is 0 Å². The topological polar surface area (TPSA) is 123 Å². The Morgan fingerprint density at radius 2 is 1.69 bits per heavy atom. The van der Waals surface area contributed by atoms with Crippen LogP contribution in [0.15, 0.2) is 24.3 Å². The second-order valence-corrected chi connectivity index (χ2v) is 11.9. The fourth-order valence-electron chi connectivity index (χ4n) is 6.13. The molecule has 0 radical (unpaired) electrons. The number of nitrogens with zero attached hydrogens (tertiary/aromatic N) is 4. The molecule has 2 fully saturated rings. The smallest absolute Gasteiger partial charge is 0.338 e. The van der Waals surface area contributed by atoms with Crippen molar-refractivity contribution in [2.45, 2.75) is 53.0 Å². The largest absolute Gasteiger partial charge is 0.462 e. The van der Waals surface area contributed by atoms with Gasteiger partial charge in [-0.3, -0.25) is 19.1 Å². The van der Waals surface area contributed by atoms with Crippen molar-refractivity contribution in [3.63, 3.8) is 0 Å². The number of esters is 1. The minimum absolute atomic E-state index is 0.0141. The zero-order valence-corrected chi connectivity index (χ0v) is 24.8. The second-order valence-electron chi connectivity index (χ2n) is 11.9. The van der Waals surface area contributed by atoms with E-state index in [0.717, 1.165) is 30.7 Å². The molecular weight excluding hydrogens is 538 g/mol. The average Bonchev–Trinajstić information content (AvgIpc) is 3.27. The number of hydrogen-bond donors (Lipinski definition) is 1. The highest BCUT2D eigenvalue weighted by Gasteiger charge is 2.39. The van der Waals surface area contributed by atoms with Gasteiger partial charge in [0, 0.05) is 70.9 Å². The van der Waals surface area contributed by atoms with Crippen molar-refractivity contribution in [1.29, 1.82) is 0 Å². The summed E-state index contributed by atoms with van der Waals surface area (Å²) in [6.07, 6.45) is 3.22. The summed E-state index contributed by atoms with van der Waals surface area (Å²) in [7, 11) is 0. The van der Waals surface area contributed by atoms with Crippen LogP contribution in [0.5, 0.6) is 0 Å². The van der Waals surface area contributed by atoms with Crippen LogP contribution in [0.1, 0.15) is 76.1 Å². The molecule has 3 aliphatic heterocycles. The Morgan fingerprint density at radius 1 is 1.05 bits per heavy atom. The molecular formula is C31H41N5O6. The third-order valence-corrected chi connectivity index (χ3v) is 8.78. The van der Waals surface area contributed by atoms with Gasteiger partial charge >= 0.3 is 5.97 Å². The van der Waals surface area contributed by atoms with Crippen molar-refractivity contribution >= 4 is 23.7 Å². The van der Waals surface area contributed by atoms with Crippen LogP contribution in [0.25, 0.3) is 0 Å². The maximum atomic E-state index is 13.1. The quantitative estimate of drug-likeness (QED) is 0.500. The van der Waals surface area contributed by atoms with Crippen LogP contribution in [0.4, 0.5) is 0 Å². The van der Waals surface area contributed by atoms with Crippen LogP contribution in [-0.4, -0.2) is 95.8 Å². The molecule has 1 spiro atoms. The number of rotatable bonds is 7. The summed E-state index contributed by atoms with van der Waals surface area (Å²) in [4.78, 5) is 53.8. The molecule has 11 heteroatoms. The van der Waals surface area contributed by atoms with Crippen molar-refractivity contribution in [2.24, 2.45) is 11.3 Å². The van der Waals surface area contributed by atoms with E-state index in [-0.39, 0.29) is 35.7 Å². The first kappa shape index (κ1) is 29.8. The molecule has 1 unspecified atom stereocenters. The maximum Gasteiger partial charge on any atom is 0.338 e. The molecule has 2 saturated heterocycles. The number of aryl methyl sites for hydroxylation is 1. The number of nitrogens with one attached hydrogen (secondary N) is 1. The van der Waals surface area contributed by atoms with Gasteiger partial charge in [0.25, 0.3) is 11.8 Å². The zero-order chi connectivity index (χ0) is 29.9. The molecule has 5 rings (SSSR count). The third kappa shape index (κ3) is 6.35. The molecule has 1 aromatic heterocycles. The minimum Gasteiger partial charge on any atom is -0.462 e. The molecule has 0 bridgehead atoms. The predicted octanol–water partition coefficient (Wildman–Crippen LogP) is 2.33. The van der Waals surface area contributed by atoms with E-state index >= 15 is 0 Å². The zero-order valence-electron chi connectivity index (χ0n) is 24.8. The lowest BCUT2D eigenvalue weighted by Crippen LogP contribution is -2.50. The molecule has 0 saturated carbocycles. The molecule has 2 aromatic rings. The highest BCUT2D eigenvalue weighted by Crippen LogP contribution is 2.37. The predicted molar refractivity (Wildman–Crippen MR) is 154 cm³/mol. The van der Waals surface area contributed by atoms with E-state index in [4.69, 9.17) is 14.6 Å². The standard InChI is InChI=1S/C31H41N5O6/c1-4-25-27-26(17-31(20-32-28(27)38)9-15-41-16-10-31)36(33-25)18-21(2)19-42-30(40)24-7-5-23(6-8-24)29(39)35-13-11-34(12-14-35)22(3)37/h5-8,21H,4,9-20H2,1-3H3,(H,32,38). The summed E-state index contributed by atoms with van der Waals surface area (Å²) >= 11 is 0. The number of carbonyl (C=O) groups is 4. The number of fused-ring (bicyclic) bond motifs is 1. The van der Waals surface area contributed by atoms with Gasteiger partial charge in [-0.2, -0.15) is 5.10 Å². The van der Waals surface area contributed by atoms with Gasteiger partial charge in [0.1, 0.15) is 0 Å². The van der Waals surface area contributed by atoms with E-state index in [1.165, 1.54) is 6.92 Å². The van der Waals surface area contributed by atoms with Crippen LogP contribution in [-0.2, 0) is 33.7 Å². The van der Waals surface area contributed by atoms with E-state index in [2.05, 4.69) is 5.32 Å². The summed E-state index contributed by atoms with van der Waals surface area (Å²) in [6, 6.07) is 6.50. The first-order chi connectivity index (χ1) is 20.2. The molecule has 42 heavy (non-hydrogen) atoms. The van der Waals surface area contributed by atoms with E-state index in [9.17, 15) is 19.2 Å². The molecule has 11 nitrogen and oxygen atoms in total. The number of benzene rings is 1. The Labute approximate surface area is 246 Å². The van der Waals surface area contributed by atoms with E-state index in [1.54, 1.807) is 34.1 Å². The van der Waals surface area contributed by atoms with E-state index in [0.29, 0.717) is 75.6 Å². The van der Waals surface area contributed by atoms with Gasteiger partial charge < -0.3 is 24.6 Å². The van der Waals surface area contributed by atoms with Crippen molar-refractivity contribution in [1.82, 2.24) is 24.9 Å². The average molecular weight is 580 g/mol. The number of ether oxygens (including phenoxy) is 2. The van der Waals surface area contributed by atoms with Gasteiger partial charge in [-0.05, 0) is 55.4 Å². The maximum absolute atomic E-state index is 13.1. The fourth-order valence-corrected chi connectivity index (χ4v) is 6.13. The molecule has 1 atom stereocenters. The molecule has 4 heterocycles. The van der Waals surface area contributed by atoms with E-state index < -0.39 is 5.97 Å². The summed E-state index contributed by atoms with van der Waals surface area (Å²) < 4.78 is 13.2. The molecule has 226 valence electrons. The summed E-state index contributed by atoms with van der Waals surface area (Å²) in [6.45, 7) is 10.3. The van der Waals surface area contributed by atoms with Gasteiger partial charge in [-0.25, -0.2) is 4.79 Å². The van der Waals surface area contributed by atoms with Crippen LogP contribution in [0, 0.1) is 11.3 Å². The van der Waals surface area contributed by atoms with Crippen molar-refractivity contribution in [2.75, 3.05) is 52.5 Å². The molecule has 3 amide bonds. The second kappa shape index (κ2) is 12.6. The highest BCUT2D eigenvalue weighted by atomic mass is 16.5. The van der Waals surface area contributed by atoms with Crippen LogP contribution in [0.2, 0.25) is 0 Å². The molecule has 1 aromatic carbocycles. The highest BCUT2D eigenvalue weighted by molar-refractivity contribution is 5.97. The Balaban J connectivity index is 1.19. The van der Waals surface area contributed by atoms with E-state index in [1.807, 2.05) is 18.5 Å². The van der Waals surface area contributed by atoms with Crippen molar-refractivity contribution in [3.05, 3.63) is 52.3 Å². The fraction of sp³-hybridized carbons (Fsp3) is 0.581. The minimum atomic E-state index is -0.454. The Morgan fingerprint density at radius 3 is 2.33 bits per heavy atom. The molecule has 0 aliphatic carbocycles. The summed E-state index contributed by atoms with van der Waals surface area (Å²) in [5, 5.41) is 7.95. The number of amides is 3. The lowest BCUT2D eigenvalue weighted by molar-refractivity contribution is -0.130. The van der Waals surface area contributed by atoms with Crippen molar-refractivity contribution in [3.8, 4) is 0 Å². The Bertz CT molecular complexity index is 1320. The van der Waals surface area contributed by atoms with Crippen molar-refractivity contribution < 1.29 is 28.7 Å². The number of hydrogen-bond acceptors (Lipinski definition) is 7. The van der Waals surface area contributed by atoms with Crippen LogP contribution >= 0.6 is 0 Å². The first-order valence-electron chi connectivity index (χ1n) is 15.0. The number of piperazine rings is 1. The van der Waals surface area contributed by atoms with Gasteiger partial charge in [-0.1, -0.05) is 13.8 Å². The third-order valence-electron chi connectivity index (χ3n) is 8.78. The van der Waals surface area contributed by atoms with Crippen LogP contribution < -0.4 is 5.32 Å². The van der Waals surface area contributed by atoms with Crippen LogP contribution in [0.3, 0.4) is 0 Å². The van der Waals surface area contributed by atoms with Gasteiger partial charge in [0.05, 0.1) is 29.1 Å². The van der Waals surface area contributed by atoms with Gasteiger partial charge in [0.15, 0.2) is 0 Å². The summed E-state index contributed by atoms with van der Waals surface area (Å²) in [5.41, 5.74) is 3.29. The number of carbonyl (C=O) groups excluding carboxylic acids is 4. The Hall–Kier alpha value is -3.73. The normalized spacial score (nSPS) is 19.1. The summed E-state index contributed by atoms with van der Waals surface area (Å²) in [5.74, 6) is -0.650. The molecule has 3 aliphatic rings.